The third-order valence-corrected chi connectivity index (χ3v) is 8.99. The molecule has 4 N–H and O–H groups in total. The van der Waals surface area contributed by atoms with Gasteiger partial charge in [0.1, 0.15) is 22.4 Å². The first-order valence-corrected chi connectivity index (χ1v) is 16.2. The molecular formula is C35H39N5O5S. The van der Waals surface area contributed by atoms with Gasteiger partial charge in [0.25, 0.3) is 11.8 Å². The predicted octanol–water partition coefficient (Wildman–Crippen LogP) is 5.55. The molecule has 1 heterocycles. The standard InChI is InChI=1S/C35H39N5O5S/c1-44-27-17-13-24(14-18-27)31(34(42)37-22-21-23-9-5-3-6-10-23)40(26-15-19-28(45-2)20-16-26)35(43)32-29(36)30(39-46-32)33(41)38-25-11-7-4-8-12-25/h3,5-6,9-10,13-20,25,31H,4,7-8,11-12,21-22,36H2,1-2H3,(H,37,42)(H,38,41)/t31-/m1/s1. The summed E-state index contributed by atoms with van der Waals surface area (Å²) in [6, 6.07) is 22.6. The van der Waals surface area contributed by atoms with Crippen molar-refractivity contribution in [3.05, 3.63) is 101 Å². The molecule has 0 unspecified atom stereocenters. The molecule has 1 aliphatic rings. The third kappa shape index (κ3) is 7.66. The van der Waals surface area contributed by atoms with Crippen molar-refractivity contribution < 1.29 is 23.9 Å². The molecule has 1 fully saturated rings. The number of aromatic nitrogens is 1. The molecule has 0 radical (unpaired) electrons. The minimum absolute atomic E-state index is 0.0141. The van der Waals surface area contributed by atoms with E-state index < -0.39 is 17.9 Å². The second kappa shape index (κ2) is 15.4. The van der Waals surface area contributed by atoms with Gasteiger partial charge in [0.05, 0.1) is 19.9 Å². The highest BCUT2D eigenvalue weighted by atomic mass is 32.1. The fourth-order valence-electron chi connectivity index (χ4n) is 5.63. The molecule has 0 aliphatic heterocycles. The molecule has 1 aliphatic carbocycles. The summed E-state index contributed by atoms with van der Waals surface area (Å²) in [5, 5.41) is 6.05. The molecule has 3 aromatic carbocycles. The summed E-state index contributed by atoms with van der Waals surface area (Å²) < 4.78 is 15.0. The van der Waals surface area contributed by atoms with Crippen molar-refractivity contribution in [2.75, 3.05) is 31.4 Å². The monoisotopic (exact) mass is 641 g/mol. The van der Waals surface area contributed by atoms with Gasteiger partial charge in [0, 0.05) is 18.3 Å². The first-order chi connectivity index (χ1) is 22.4. The number of ether oxygens (including phenoxy) is 2. The van der Waals surface area contributed by atoms with Crippen LogP contribution >= 0.6 is 11.5 Å². The van der Waals surface area contributed by atoms with Gasteiger partial charge in [0.15, 0.2) is 5.69 Å². The van der Waals surface area contributed by atoms with Crippen LogP contribution in [-0.2, 0) is 11.2 Å². The molecule has 11 heteroatoms. The van der Waals surface area contributed by atoms with E-state index in [9.17, 15) is 14.4 Å². The van der Waals surface area contributed by atoms with Gasteiger partial charge in [-0.3, -0.25) is 19.3 Å². The highest BCUT2D eigenvalue weighted by Gasteiger charge is 2.36. The Morgan fingerprint density at radius 1 is 0.913 bits per heavy atom. The lowest BCUT2D eigenvalue weighted by molar-refractivity contribution is -0.122. The van der Waals surface area contributed by atoms with E-state index in [2.05, 4.69) is 15.0 Å². The van der Waals surface area contributed by atoms with Gasteiger partial charge in [0.2, 0.25) is 5.91 Å². The molecule has 3 amide bonds. The Kier molecular flexibility index (Phi) is 10.9. The van der Waals surface area contributed by atoms with E-state index in [1.807, 2.05) is 30.3 Å². The highest BCUT2D eigenvalue weighted by molar-refractivity contribution is 7.09. The van der Waals surface area contributed by atoms with Gasteiger partial charge in [-0.25, -0.2) is 0 Å². The van der Waals surface area contributed by atoms with Crippen LogP contribution in [0.25, 0.3) is 0 Å². The molecule has 4 aromatic rings. The molecule has 5 rings (SSSR count). The van der Waals surface area contributed by atoms with E-state index in [-0.39, 0.29) is 28.2 Å². The molecule has 240 valence electrons. The Labute approximate surface area is 273 Å². The second-order valence-electron chi connectivity index (χ2n) is 11.2. The number of nitrogens with zero attached hydrogens (tertiary/aromatic N) is 2. The topological polar surface area (TPSA) is 136 Å². The van der Waals surface area contributed by atoms with Crippen LogP contribution in [0.3, 0.4) is 0 Å². The number of carbonyl (C=O) groups is 3. The molecule has 0 saturated heterocycles. The number of nitrogens with two attached hydrogens (primary N) is 1. The summed E-state index contributed by atoms with van der Waals surface area (Å²) >= 11 is 0.847. The van der Waals surface area contributed by atoms with Crippen LogP contribution in [-0.4, -0.2) is 48.9 Å². The highest BCUT2D eigenvalue weighted by Crippen LogP contribution is 2.34. The Morgan fingerprint density at radius 3 is 2.17 bits per heavy atom. The first kappa shape index (κ1) is 32.5. The summed E-state index contributed by atoms with van der Waals surface area (Å²) in [6.45, 7) is 0.355. The minimum Gasteiger partial charge on any atom is -0.497 e. The van der Waals surface area contributed by atoms with E-state index >= 15 is 0 Å². The average Bonchev–Trinajstić information content (AvgIpc) is 3.49. The van der Waals surface area contributed by atoms with Gasteiger partial charge in [-0.15, -0.1) is 0 Å². The van der Waals surface area contributed by atoms with Crippen LogP contribution in [0.2, 0.25) is 0 Å². The fourth-order valence-corrected chi connectivity index (χ4v) is 6.36. The maximum Gasteiger partial charge on any atom is 0.273 e. The van der Waals surface area contributed by atoms with Gasteiger partial charge in [-0.2, -0.15) is 4.37 Å². The van der Waals surface area contributed by atoms with Crippen molar-refractivity contribution in [1.29, 1.82) is 0 Å². The number of rotatable bonds is 12. The van der Waals surface area contributed by atoms with Crippen molar-refractivity contribution in [3.8, 4) is 11.5 Å². The summed E-state index contributed by atoms with van der Waals surface area (Å²) in [6.07, 6.45) is 5.67. The zero-order valence-corrected chi connectivity index (χ0v) is 26.8. The summed E-state index contributed by atoms with van der Waals surface area (Å²) in [7, 11) is 3.11. The Hall–Kier alpha value is -4.90. The number of nitrogen functional groups attached to an aromatic ring is 1. The maximum atomic E-state index is 14.5. The molecular weight excluding hydrogens is 602 g/mol. The number of methoxy groups -OCH3 is 2. The van der Waals surface area contributed by atoms with Gasteiger partial charge in [-0.05, 0) is 78.3 Å². The SMILES string of the molecule is COc1ccc([C@H](C(=O)NCCc2ccccc2)N(C(=O)c2snc(C(=O)NC3CCCCC3)c2N)c2ccc(OC)cc2)cc1. The first-order valence-electron chi connectivity index (χ1n) is 15.4. The predicted molar refractivity (Wildman–Crippen MR) is 180 cm³/mol. The Bertz CT molecular complexity index is 1620. The average molecular weight is 642 g/mol. The minimum atomic E-state index is -1.09. The van der Waals surface area contributed by atoms with Crippen LogP contribution in [0.5, 0.6) is 11.5 Å². The number of benzene rings is 3. The largest absolute Gasteiger partial charge is 0.497 e. The van der Waals surface area contributed by atoms with Crippen molar-refractivity contribution in [1.82, 2.24) is 15.0 Å². The van der Waals surface area contributed by atoms with Crippen LogP contribution in [0.15, 0.2) is 78.9 Å². The van der Waals surface area contributed by atoms with E-state index in [0.29, 0.717) is 35.7 Å². The van der Waals surface area contributed by atoms with Crippen LogP contribution in [0, 0.1) is 0 Å². The molecule has 0 spiro atoms. The number of amides is 3. The number of hydrogen-bond donors (Lipinski definition) is 3. The van der Waals surface area contributed by atoms with Gasteiger partial charge >= 0.3 is 0 Å². The van der Waals surface area contributed by atoms with Crippen LogP contribution in [0.4, 0.5) is 11.4 Å². The molecule has 1 atom stereocenters. The second-order valence-corrected chi connectivity index (χ2v) is 11.9. The summed E-state index contributed by atoms with van der Waals surface area (Å²) in [5.41, 5.74) is 8.54. The molecule has 46 heavy (non-hydrogen) atoms. The third-order valence-electron chi connectivity index (χ3n) is 8.14. The number of anilines is 2. The number of hydrogen-bond acceptors (Lipinski definition) is 8. The fraction of sp³-hybridized carbons (Fsp3) is 0.314. The molecule has 0 bridgehead atoms. The van der Waals surface area contributed by atoms with Crippen molar-refractivity contribution >= 4 is 40.6 Å². The molecule has 10 nitrogen and oxygen atoms in total. The smallest absolute Gasteiger partial charge is 0.273 e. The lowest BCUT2D eigenvalue weighted by Crippen LogP contribution is -2.44. The van der Waals surface area contributed by atoms with Gasteiger partial charge in [-0.1, -0.05) is 61.7 Å². The number of carbonyl (C=O) groups excluding carboxylic acids is 3. The Morgan fingerprint density at radius 2 is 1.54 bits per heavy atom. The summed E-state index contributed by atoms with van der Waals surface area (Å²) in [4.78, 5) is 43.3. The van der Waals surface area contributed by atoms with E-state index in [4.69, 9.17) is 15.2 Å². The zero-order valence-electron chi connectivity index (χ0n) is 26.0. The van der Waals surface area contributed by atoms with Crippen molar-refractivity contribution in [2.45, 2.75) is 50.6 Å². The number of nitrogens with one attached hydrogen (secondary N) is 2. The molecule has 1 saturated carbocycles. The lowest BCUT2D eigenvalue weighted by Gasteiger charge is -2.31. The van der Waals surface area contributed by atoms with Crippen LogP contribution in [0.1, 0.15) is 69.4 Å². The zero-order chi connectivity index (χ0) is 32.5. The van der Waals surface area contributed by atoms with E-state index in [1.54, 1.807) is 62.8 Å². The lowest BCUT2D eigenvalue weighted by atomic mass is 9.95. The van der Waals surface area contributed by atoms with Gasteiger partial charge < -0.3 is 25.8 Å². The van der Waals surface area contributed by atoms with Crippen LogP contribution < -0.4 is 30.7 Å². The van der Waals surface area contributed by atoms with Crippen molar-refractivity contribution in [3.63, 3.8) is 0 Å². The maximum absolute atomic E-state index is 14.5. The Balaban J connectivity index is 1.50. The summed E-state index contributed by atoms with van der Waals surface area (Å²) in [5.74, 6) is -0.154. The van der Waals surface area contributed by atoms with E-state index in [1.165, 1.54) is 4.90 Å². The normalized spacial score (nSPS) is 13.8. The van der Waals surface area contributed by atoms with Crippen molar-refractivity contribution in [2.24, 2.45) is 0 Å². The molecule has 1 aromatic heterocycles. The quantitative estimate of drug-likeness (QED) is 0.185. The van der Waals surface area contributed by atoms with E-state index in [0.717, 1.165) is 49.2 Å².